The molecule has 3 heteroatoms. The first-order valence-electron chi connectivity index (χ1n) is 5.58. The molecule has 0 amide bonds. The molecule has 1 aromatic carbocycles. The monoisotopic (exact) mass is 246 g/mol. The summed E-state index contributed by atoms with van der Waals surface area (Å²) < 4.78 is 0. The fourth-order valence-electron chi connectivity index (χ4n) is 1.77. The molecule has 0 fully saturated rings. The third-order valence-corrected chi connectivity index (χ3v) is 3.08. The number of hydrogen-bond acceptors (Lipinski definition) is 2. The van der Waals surface area contributed by atoms with Crippen LogP contribution < -0.4 is 5.73 Å². The predicted molar refractivity (Wildman–Crippen MR) is 71.1 cm³/mol. The molecule has 0 saturated carbocycles. The van der Waals surface area contributed by atoms with Crippen molar-refractivity contribution in [1.82, 2.24) is 4.98 Å². The average Bonchev–Trinajstić information content (AvgIpc) is 2.33. The zero-order valence-electron chi connectivity index (χ0n) is 9.73. The molecule has 0 radical (unpaired) electrons. The van der Waals surface area contributed by atoms with Crippen LogP contribution in [0.15, 0.2) is 42.6 Å². The van der Waals surface area contributed by atoms with Gasteiger partial charge in [0.15, 0.2) is 0 Å². The van der Waals surface area contributed by atoms with Gasteiger partial charge in [0.05, 0.1) is 0 Å². The van der Waals surface area contributed by atoms with Crippen molar-refractivity contribution in [3.63, 3.8) is 0 Å². The quantitative estimate of drug-likeness (QED) is 0.903. The van der Waals surface area contributed by atoms with Crippen molar-refractivity contribution in [3.05, 3.63) is 64.4 Å². The van der Waals surface area contributed by atoms with Gasteiger partial charge in [-0.2, -0.15) is 0 Å². The van der Waals surface area contributed by atoms with Gasteiger partial charge in [-0.25, -0.2) is 0 Å². The van der Waals surface area contributed by atoms with E-state index in [9.17, 15) is 0 Å². The molecule has 0 aliphatic carbocycles. The van der Waals surface area contributed by atoms with E-state index < -0.39 is 0 Å². The number of benzene rings is 1. The van der Waals surface area contributed by atoms with Crippen molar-refractivity contribution in [3.8, 4) is 0 Å². The first-order chi connectivity index (χ1) is 8.16. The van der Waals surface area contributed by atoms with Gasteiger partial charge in [-0.1, -0.05) is 29.8 Å². The molecule has 1 aromatic heterocycles. The number of aromatic nitrogens is 1. The summed E-state index contributed by atoms with van der Waals surface area (Å²) in [6.07, 6.45) is 2.55. The summed E-state index contributed by atoms with van der Waals surface area (Å²) in [5, 5.41) is 0.731. The van der Waals surface area contributed by atoms with Gasteiger partial charge in [-0.15, -0.1) is 0 Å². The van der Waals surface area contributed by atoms with Gasteiger partial charge in [0.1, 0.15) is 0 Å². The summed E-state index contributed by atoms with van der Waals surface area (Å²) in [7, 11) is 0. The number of nitrogens with zero attached hydrogens (tertiary/aromatic N) is 1. The summed E-state index contributed by atoms with van der Waals surface area (Å²) >= 11 is 5.85. The fourth-order valence-corrected chi connectivity index (χ4v) is 1.89. The zero-order chi connectivity index (χ0) is 12.3. The second kappa shape index (κ2) is 5.30. The molecule has 1 unspecified atom stereocenters. The minimum absolute atomic E-state index is 0.0409. The molecular formula is C14H15ClN2. The largest absolute Gasteiger partial charge is 0.324 e. The topological polar surface area (TPSA) is 38.9 Å². The second-order valence-corrected chi connectivity index (χ2v) is 4.57. The van der Waals surface area contributed by atoms with E-state index in [0.29, 0.717) is 0 Å². The van der Waals surface area contributed by atoms with Gasteiger partial charge in [-0.05, 0) is 36.2 Å². The molecule has 2 aromatic rings. The highest BCUT2D eigenvalue weighted by Gasteiger charge is 2.09. The molecule has 0 aliphatic rings. The lowest BCUT2D eigenvalue weighted by molar-refractivity contribution is 0.703. The Bertz CT molecular complexity index is 494. The van der Waals surface area contributed by atoms with Crippen LogP contribution in [0, 0.1) is 6.92 Å². The predicted octanol–water partition coefficient (Wildman–Crippen LogP) is 3.29. The SMILES string of the molecule is Cc1cccnc1CC(N)c1ccc(Cl)cc1. The van der Waals surface area contributed by atoms with Crippen LogP contribution in [0.1, 0.15) is 22.9 Å². The van der Waals surface area contributed by atoms with Crippen molar-refractivity contribution in [2.24, 2.45) is 5.73 Å². The summed E-state index contributed by atoms with van der Waals surface area (Å²) in [4.78, 5) is 4.36. The number of nitrogens with two attached hydrogens (primary N) is 1. The highest BCUT2D eigenvalue weighted by atomic mass is 35.5. The van der Waals surface area contributed by atoms with E-state index >= 15 is 0 Å². The standard InChI is InChI=1S/C14H15ClN2/c1-10-3-2-8-17-14(10)9-13(16)11-4-6-12(15)7-5-11/h2-8,13H,9,16H2,1H3. The van der Waals surface area contributed by atoms with Crippen LogP contribution in [0.3, 0.4) is 0 Å². The fraction of sp³-hybridized carbons (Fsp3) is 0.214. The number of halogens is 1. The van der Waals surface area contributed by atoms with Gasteiger partial charge in [0, 0.05) is 29.4 Å². The minimum atomic E-state index is -0.0409. The lowest BCUT2D eigenvalue weighted by Crippen LogP contribution is -2.14. The molecule has 0 saturated heterocycles. The van der Waals surface area contributed by atoms with Crippen LogP contribution in [-0.4, -0.2) is 4.98 Å². The second-order valence-electron chi connectivity index (χ2n) is 4.13. The van der Waals surface area contributed by atoms with Gasteiger partial charge in [0.25, 0.3) is 0 Å². The Morgan fingerprint density at radius 1 is 1.24 bits per heavy atom. The molecule has 0 bridgehead atoms. The van der Waals surface area contributed by atoms with Crippen LogP contribution in [0.5, 0.6) is 0 Å². The van der Waals surface area contributed by atoms with Crippen LogP contribution >= 0.6 is 11.6 Å². The Balaban J connectivity index is 2.14. The van der Waals surface area contributed by atoms with E-state index in [1.165, 1.54) is 5.56 Å². The van der Waals surface area contributed by atoms with Crippen molar-refractivity contribution in [1.29, 1.82) is 0 Å². The van der Waals surface area contributed by atoms with Crippen LogP contribution in [0.4, 0.5) is 0 Å². The maximum absolute atomic E-state index is 6.16. The molecule has 2 rings (SSSR count). The summed E-state index contributed by atoms with van der Waals surface area (Å²) in [6.45, 7) is 2.05. The van der Waals surface area contributed by atoms with Crippen molar-refractivity contribution < 1.29 is 0 Å². The zero-order valence-corrected chi connectivity index (χ0v) is 10.5. The maximum Gasteiger partial charge on any atom is 0.0451 e. The lowest BCUT2D eigenvalue weighted by atomic mass is 10.0. The van der Waals surface area contributed by atoms with Gasteiger partial charge < -0.3 is 5.73 Å². The summed E-state index contributed by atoms with van der Waals surface area (Å²) in [5.74, 6) is 0. The number of pyridine rings is 1. The highest BCUT2D eigenvalue weighted by Crippen LogP contribution is 2.18. The molecule has 1 atom stereocenters. The number of aryl methyl sites for hydroxylation is 1. The van der Waals surface area contributed by atoms with Gasteiger partial charge >= 0.3 is 0 Å². The molecule has 0 aliphatic heterocycles. The molecule has 2 N–H and O–H groups in total. The van der Waals surface area contributed by atoms with Crippen LogP contribution in [0.25, 0.3) is 0 Å². The van der Waals surface area contributed by atoms with E-state index in [0.717, 1.165) is 22.7 Å². The van der Waals surface area contributed by atoms with E-state index in [4.69, 9.17) is 17.3 Å². The summed E-state index contributed by atoms with van der Waals surface area (Å²) in [5.41, 5.74) is 9.47. The van der Waals surface area contributed by atoms with Gasteiger partial charge in [-0.3, -0.25) is 4.98 Å². The normalized spacial score (nSPS) is 12.4. The van der Waals surface area contributed by atoms with Crippen molar-refractivity contribution in [2.75, 3.05) is 0 Å². The lowest BCUT2D eigenvalue weighted by Gasteiger charge is -2.13. The average molecular weight is 247 g/mol. The number of hydrogen-bond donors (Lipinski definition) is 1. The smallest absolute Gasteiger partial charge is 0.0451 e. The highest BCUT2D eigenvalue weighted by molar-refractivity contribution is 6.30. The van der Waals surface area contributed by atoms with E-state index in [2.05, 4.69) is 18.0 Å². The van der Waals surface area contributed by atoms with Crippen molar-refractivity contribution in [2.45, 2.75) is 19.4 Å². The molecule has 2 nitrogen and oxygen atoms in total. The van der Waals surface area contributed by atoms with Crippen LogP contribution in [0.2, 0.25) is 5.02 Å². The Labute approximate surface area is 106 Å². The van der Waals surface area contributed by atoms with Gasteiger partial charge in [0.2, 0.25) is 0 Å². The maximum atomic E-state index is 6.16. The molecule has 17 heavy (non-hydrogen) atoms. The number of rotatable bonds is 3. The van der Waals surface area contributed by atoms with E-state index in [-0.39, 0.29) is 6.04 Å². The Morgan fingerprint density at radius 2 is 1.94 bits per heavy atom. The first-order valence-corrected chi connectivity index (χ1v) is 5.96. The molecule has 1 heterocycles. The first kappa shape index (κ1) is 12.1. The Morgan fingerprint density at radius 3 is 2.59 bits per heavy atom. The van der Waals surface area contributed by atoms with Crippen LogP contribution in [-0.2, 0) is 6.42 Å². The minimum Gasteiger partial charge on any atom is -0.324 e. The van der Waals surface area contributed by atoms with E-state index in [1.54, 1.807) is 6.20 Å². The summed E-state index contributed by atoms with van der Waals surface area (Å²) in [6, 6.07) is 11.6. The third kappa shape index (κ3) is 3.05. The Kier molecular flexibility index (Phi) is 3.77. The molecule has 0 spiro atoms. The van der Waals surface area contributed by atoms with Crippen molar-refractivity contribution >= 4 is 11.6 Å². The Hall–Kier alpha value is -1.38. The third-order valence-electron chi connectivity index (χ3n) is 2.83. The molecular weight excluding hydrogens is 232 g/mol. The molecule has 88 valence electrons. The van der Waals surface area contributed by atoms with E-state index in [1.807, 2.05) is 30.3 Å².